The standard InChI is InChI=1S/C21H30O5/c1-3-4-8-15-25-20(22)11-12-21(23)26-17-14-19(13-16-24-2)18-9-6-5-7-10-18/h5-7,9-12,19H,3-4,8,13-17H2,1-2H3/b12-11+. The lowest BCUT2D eigenvalue weighted by atomic mass is 9.93. The number of unbranched alkanes of at least 4 members (excludes halogenated alkanes) is 2. The van der Waals surface area contributed by atoms with Crippen molar-refractivity contribution in [1.82, 2.24) is 0 Å². The average Bonchev–Trinajstić information content (AvgIpc) is 2.67. The van der Waals surface area contributed by atoms with Gasteiger partial charge in [-0.05, 0) is 30.7 Å². The summed E-state index contributed by atoms with van der Waals surface area (Å²) in [4.78, 5) is 23.2. The molecule has 5 heteroatoms. The molecule has 0 aliphatic rings. The van der Waals surface area contributed by atoms with E-state index in [0.29, 0.717) is 19.6 Å². The molecule has 1 aromatic rings. The number of hydrogen-bond acceptors (Lipinski definition) is 5. The van der Waals surface area contributed by atoms with E-state index in [-0.39, 0.29) is 12.5 Å². The summed E-state index contributed by atoms with van der Waals surface area (Å²) in [6.07, 6.45) is 6.72. The number of methoxy groups -OCH3 is 1. The van der Waals surface area contributed by atoms with Crippen LogP contribution in [-0.4, -0.2) is 38.9 Å². The Bertz CT molecular complexity index is 539. The lowest BCUT2D eigenvalue weighted by Gasteiger charge is -2.16. The van der Waals surface area contributed by atoms with E-state index < -0.39 is 11.9 Å². The summed E-state index contributed by atoms with van der Waals surface area (Å²) in [5.41, 5.74) is 1.20. The van der Waals surface area contributed by atoms with E-state index in [0.717, 1.165) is 37.8 Å². The van der Waals surface area contributed by atoms with Crippen LogP contribution in [0.25, 0.3) is 0 Å². The van der Waals surface area contributed by atoms with Gasteiger partial charge in [-0.15, -0.1) is 0 Å². The summed E-state index contributed by atoms with van der Waals surface area (Å²) in [7, 11) is 1.67. The zero-order valence-corrected chi connectivity index (χ0v) is 15.8. The fourth-order valence-electron chi connectivity index (χ4n) is 2.52. The Morgan fingerprint density at radius 1 is 0.923 bits per heavy atom. The number of carbonyl (C=O) groups is 2. The van der Waals surface area contributed by atoms with Gasteiger partial charge in [-0.2, -0.15) is 0 Å². The van der Waals surface area contributed by atoms with Crippen molar-refractivity contribution in [3.05, 3.63) is 48.0 Å². The molecule has 0 radical (unpaired) electrons. The lowest BCUT2D eigenvalue weighted by molar-refractivity contribution is -0.140. The molecule has 0 fully saturated rings. The van der Waals surface area contributed by atoms with Crippen LogP contribution in [0.4, 0.5) is 0 Å². The monoisotopic (exact) mass is 362 g/mol. The van der Waals surface area contributed by atoms with E-state index in [9.17, 15) is 9.59 Å². The minimum absolute atomic E-state index is 0.261. The molecule has 0 spiro atoms. The highest BCUT2D eigenvalue weighted by Crippen LogP contribution is 2.23. The van der Waals surface area contributed by atoms with Gasteiger partial charge >= 0.3 is 11.9 Å². The first kappa shape index (κ1) is 21.9. The van der Waals surface area contributed by atoms with Gasteiger partial charge in [0.2, 0.25) is 0 Å². The summed E-state index contributed by atoms with van der Waals surface area (Å²) in [5.74, 6) is -0.786. The normalized spacial score (nSPS) is 12.1. The summed E-state index contributed by atoms with van der Waals surface area (Å²) < 4.78 is 15.3. The van der Waals surface area contributed by atoms with Crippen molar-refractivity contribution in [1.29, 1.82) is 0 Å². The molecule has 1 aromatic carbocycles. The average molecular weight is 362 g/mol. The Morgan fingerprint density at radius 3 is 2.15 bits per heavy atom. The predicted molar refractivity (Wildman–Crippen MR) is 101 cm³/mol. The zero-order valence-electron chi connectivity index (χ0n) is 15.8. The van der Waals surface area contributed by atoms with Crippen LogP contribution in [-0.2, 0) is 23.8 Å². The van der Waals surface area contributed by atoms with Crippen LogP contribution in [0.1, 0.15) is 50.5 Å². The van der Waals surface area contributed by atoms with E-state index in [2.05, 4.69) is 19.1 Å². The van der Waals surface area contributed by atoms with Crippen LogP contribution in [0, 0.1) is 0 Å². The topological polar surface area (TPSA) is 61.8 Å². The molecule has 0 amide bonds. The highest BCUT2D eigenvalue weighted by molar-refractivity contribution is 5.91. The molecule has 0 heterocycles. The van der Waals surface area contributed by atoms with Gasteiger partial charge in [0.05, 0.1) is 13.2 Å². The summed E-state index contributed by atoms with van der Waals surface area (Å²) in [5, 5.41) is 0. The summed E-state index contributed by atoms with van der Waals surface area (Å²) >= 11 is 0. The van der Waals surface area contributed by atoms with Crippen molar-refractivity contribution in [2.75, 3.05) is 26.9 Å². The van der Waals surface area contributed by atoms with Crippen molar-refractivity contribution in [2.24, 2.45) is 0 Å². The second-order valence-corrected chi connectivity index (χ2v) is 6.05. The third-order valence-electron chi connectivity index (χ3n) is 4.00. The zero-order chi connectivity index (χ0) is 19.0. The Hall–Kier alpha value is -2.14. The first-order valence-electron chi connectivity index (χ1n) is 9.22. The second kappa shape index (κ2) is 14.1. The van der Waals surface area contributed by atoms with Crippen LogP contribution in [0.5, 0.6) is 0 Å². The van der Waals surface area contributed by atoms with Crippen LogP contribution in [0.3, 0.4) is 0 Å². The highest BCUT2D eigenvalue weighted by atomic mass is 16.5. The Balaban J connectivity index is 2.33. The molecule has 0 saturated heterocycles. The first-order valence-corrected chi connectivity index (χ1v) is 9.22. The fourth-order valence-corrected chi connectivity index (χ4v) is 2.52. The molecule has 1 unspecified atom stereocenters. The van der Waals surface area contributed by atoms with Crippen molar-refractivity contribution in [3.8, 4) is 0 Å². The molecule has 5 nitrogen and oxygen atoms in total. The fraction of sp³-hybridized carbons (Fsp3) is 0.524. The molecular weight excluding hydrogens is 332 g/mol. The van der Waals surface area contributed by atoms with Crippen molar-refractivity contribution in [3.63, 3.8) is 0 Å². The minimum atomic E-state index is -0.533. The van der Waals surface area contributed by atoms with Gasteiger partial charge in [0.15, 0.2) is 0 Å². The van der Waals surface area contributed by atoms with Crippen LogP contribution in [0.2, 0.25) is 0 Å². The van der Waals surface area contributed by atoms with Gasteiger partial charge in [0.25, 0.3) is 0 Å². The quantitative estimate of drug-likeness (QED) is 0.301. The number of carbonyl (C=O) groups excluding carboxylic acids is 2. The molecule has 0 N–H and O–H groups in total. The highest BCUT2D eigenvalue weighted by Gasteiger charge is 2.12. The van der Waals surface area contributed by atoms with Gasteiger partial charge in [0, 0.05) is 25.9 Å². The SMILES string of the molecule is CCCCCOC(=O)/C=C/C(=O)OCCC(CCOC)c1ccccc1. The van der Waals surface area contributed by atoms with Crippen molar-refractivity contribution < 1.29 is 23.8 Å². The van der Waals surface area contributed by atoms with E-state index in [4.69, 9.17) is 14.2 Å². The van der Waals surface area contributed by atoms with Gasteiger partial charge in [-0.3, -0.25) is 0 Å². The third kappa shape index (κ3) is 9.99. The molecule has 26 heavy (non-hydrogen) atoms. The molecule has 0 aromatic heterocycles. The van der Waals surface area contributed by atoms with Crippen LogP contribution in [0.15, 0.2) is 42.5 Å². The molecule has 0 aliphatic carbocycles. The van der Waals surface area contributed by atoms with Crippen LogP contribution < -0.4 is 0 Å². The number of benzene rings is 1. The Kier molecular flexibility index (Phi) is 11.9. The largest absolute Gasteiger partial charge is 0.463 e. The van der Waals surface area contributed by atoms with E-state index in [1.54, 1.807) is 7.11 Å². The van der Waals surface area contributed by atoms with Crippen molar-refractivity contribution >= 4 is 11.9 Å². The molecule has 144 valence electrons. The molecular formula is C21H30O5. The van der Waals surface area contributed by atoms with E-state index in [1.165, 1.54) is 5.56 Å². The van der Waals surface area contributed by atoms with Crippen LogP contribution >= 0.6 is 0 Å². The third-order valence-corrected chi connectivity index (χ3v) is 4.00. The van der Waals surface area contributed by atoms with Gasteiger partial charge in [0.1, 0.15) is 0 Å². The van der Waals surface area contributed by atoms with E-state index in [1.807, 2.05) is 18.2 Å². The van der Waals surface area contributed by atoms with Gasteiger partial charge in [-0.25, -0.2) is 9.59 Å². The maximum atomic E-state index is 11.7. The number of ether oxygens (including phenoxy) is 3. The minimum Gasteiger partial charge on any atom is -0.463 e. The number of rotatable bonds is 13. The second-order valence-electron chi connectivity index (χ2n) is 6.05. The predicted octanol–water partition coefficient (Wildman–Crippen LogP) is 4.03. The van der Waals surface area contributed by atoms with Gasteiger partial charge in [-0.1, -0.05) is 50.1 Å². The number of hydrogen-bond donors (Lipinski definition) is 0. The van der Waals surface area contributed by atoms with E-state index >= 15 is 0 Å². The Morgan fingerprint density at radius 2 is 1.54 bits per heavy atom. The Labute approximate surface area is 156 Å². The number of esters is 2. The molecule has 0 aliphatic heterocycles. The molecule has 1 atom stereocenters. The van der Waals surface area contributed by atoms with Crippen molar-refractivity contribution in [2.45, 2.75) is 44.9 Å². The van der Waals surface area contributed by atoms with Gasteiger partial charge < -0.3 is 14.2 Å². The first-order chi connectivity index (χ1) is 12.7. The molecule has 1 rings (SSSR count). The maximum absolute atomic E-state index is 11.7. The smallest absolute Gasteiger partial charge is 0.331 e. The summed E-state index contributed by atoms with van der Waals surface area (Å²) in [6.45, 7) is 3.40. The molecule has 0 bridgehead atoms. The molecule has 0 saturated carbocycles. The summed E-state index contributed by atoms with van der Waals surface area (Å²) in [6, 6.07) is 10.1. The lowest BCUT2D eigenvalue weighted by Crippen LogP contribution is -2.10. The maximum Gasteiger partial charge on any atom is 0.331 e.